The molecule has 0 radical (unpaired) electrons. The van der Waals surface area contributed by atoms with Gasteiger partial charge in [0, 0.05) is 19.3 Å². The van der Waals surface area contributed by atoms with Gasteiger partial charge in [0.05, 0.1) is 0 Å². The number of carbonyl (C=O) groups is 3. The molecule has 0 N–H and O–H groups in total. The maximum Gasteiger partial charge on any atom is 0.306 e. The molecule has 0 aromatic carbocycles. The Morgan fingerprint density at radius 3 is 0.812 bits per heavy atom. The van der Waals surface area contributed by atoms with E-state index < -0.39 is 6.10 Å². The van der Waals surface area contributed by atoms with E-state index in [0.717, 1.165) is 116 Å². The Morgan fingerprint density at radius 2 is 0.500 bits per heavy atom. The molecule has 1 unspecified atom stereocenters. The fraction of sp³-hybridized carbons (Fsp3) is 0.635. The maximum atomic E-state index is 12.9. The predicted octanol–water partition coefficient (Wildman–Crippen LogP) is 22.7. The van der Waals surface area contributed by atoms with Crippen LogP contribution in [0.3, 0.4) is 0 Å². The molecule has 0 heterocycles. The van der Waals surface area contributed by atoms with Crippen molar-refractivity contribution in [3.63, 3.8) is 0 Å². The summed E-state index contributed by atoms with van der Waals surface area (Å²) in [6.45, 7) is 6.41. The topological polar surface area (TPSA) is 78.9 Å². The first-order chi connectivity index (χ1) is 39.5. The van der Waals surface area contributed by atoms with Crippen LogP contribution in [0.5, 0.6) is 0 Å². The number of allylic oxidation sites excluding steroid dienone is 24. The van der Waals surface area contributed by atoms with Crippen molar-refractivity contribution in [1.82, 2.24) is 0 Å². The zero-order valence-corrected chi connectivity index (χ0v) is 51.8. The van der Waals surface area contributed by atoms with Crippen molar-refractivity contribution in [1.29, 1.82) is 0 Å². The minimum atomic E-state index is -0.806. The van der Waals surface area contributed by atoms with Crippen molar-refractivity contribution in [3.8, 4) is 0 Å². The van der Waals surface area contributed by atoms with Crippen molar-refractivity contribution >= 4 is 17.9 Å². The zero-order valence-electron chi connectivity index (χ0n) is 51.8. The van der Waals surface area contributed by atoms with Gasteiger partial charge in [0.2, 0.25) is 0 Å². The summed E-state index contributed by atoms with van der Waals surface area (Å²) in [5.74, 6) is -0.976. The highest BCUT2D eigenvalue weighted by Gasteiger charge is 2.19. The van der Waals surface area contributed by atoms with Gasteiger partial charge in [0.25, 0.3) is 0 Å². The quantitative estimate of drug-likeness (QED) is 0.0261. The van der Waals surface area contributed by atoms with Crippen LogP contribution in [0.15, 0.2) is 146 Å². The average Bonchev–Trinajstić information content (AvgIpc) is 3.46. The Kier molecular flexibility index (Phi) is 62.9. The fourth-order valence-electron chi connectivity index (χ4n) is 8.69. The third-order valence-electron chi connectivity index (χ3n) is 13.6. The van der Waals surface area contributed by atoms with E-state index >= 15 is 0 Å². The Hall–Kier alpha value is -4.71. The van der Waals surface area contributed by atoms with Gasteiger partial charge in [-0.1, -0.05) is 289 Å². The summed E-state index contributed by atoms with van der Waals surface area (Å²) in [5.41, 5.74) is 0. The lowest BCUT2D eigenvalue weighted by Gasteiger charge is -2.18. The summed E-state index contributed by atoms with van der Waals surface area (Å²) in [4.78, 5) is 38.0. The number of esters is 3. The monoisotopic (exact) mass is 1100 g/mol. The molecule has 0 spiro atoms. The van der Waals surface area contributed by atoms with Gasteiger partial charge in [0.1, 0.15) is 13.2 Å². The van der Waals surface area contributed by atoms with Gasteiger partial charge in [0.15, 0.2) is 6.10 Å². The Bertz CT molecular complexity index is 1750. The van der Waals surface area contributed by atoms with E-state index in [2.05, 4.69) is 167 Å². The summed E-state index contributed by atoms with van der Waals surface area (Å²) in [6.07, 6.45) is 96.1. The Morgan fingerprint density at radius 1 is 0.263 bits per heavy atom. The number of rotatable bonds is 58. The molecular weight excluding hydrogens is 985 g/mol. The van der Waals surface area contributed by atoms with Gasteiger partial charge < -0.3 is 14.2 Å². The summed E-state index contributed by atoms with van der Waals surface area (Å²) in [7, 11) is 0. The van der Waals surface area contributed by atoms with E-state index in [1.54, 1.807) is 0 Å². The van der Waals surface area contributed by atoms with Crippen molar-refractivity contribution in [2.24, 2.45) is 0 Å². The molecule has 0 fully saturated rings. The molecule has 0 rings (SSSR count). The average molecular weight is 1110 g/mol. The van der Waals surface area contributed by atoms with Gasteiger partial charge in [-0.05, 0) is 122 Å². The van der Waals surface area contributed by atoms with Crippen LogP contribution >= 0.6 is 0 Å². The van der Waals surface area contributed by atoms with E-state index in [9.17, 15) is 14.4 Å². The van der Waals surface area contributed by atoms with E-state index in [4.69, 9.17) is 14.2 Å². The van der Waals surface area contributed by atoms with E-state index in [0.29, 0.717) is 19.3 Å². The summed E-state index contributed by atoms with van der Waals surface area (Å²) in [5, 5.41) is 0. The minimum absolute atomic E-state index is 0.101. The molecule has 0 aliphatic rings. The fourth-order valence-corrected chi connectivity index (χ4v) is 8.69. The molecule has 0 aliphatic heterocycles. The Labute approximate surface area is 493 Å². The lowest BCUT2D eigenvalue weighted by Crippen LogP contribution is -2.30. The molecule has 0 amide bonds. The minimum Gasteiger partial charge on any atom is -0.462 e. The first-order valence-corrected chi connectivity index (χ1v) is 32.8. The van der Waals surface area contributed by atoms with Crippen LogP contribution in [0.25, 0.3) is 0 Å². The summed E-state index contributed by atoms with van der Waals surface area (Å²) >= 11 is 0. The molecule has 452 valence electrons. The highest BCUT2D eigenvalue weighted by Crippen LogP contribution is 2.15. The van der Waals surface area contributed by atoms with Crippen LogP contribution in [0, 0.1) is 0 Å². The molecule has 0 saturated heterocycles. The molecule has 0 aromatic heterocycles. The van der Waals surface area contributed by atoms with Gasteiger partial charge in [-0.25, -0.2) is 0 Å². The molecule has 0 bridgehead atoms. The van der Waals surface area contributed by atoms with Gasteiger partial charge in [-0.2, -0.15) is 0 Å². The third kappa shape index (κ3) is 64.1. The van der Waals surface area contributed by atoms with Gasteiger partial charge >= 0.3 is 17.9 Å². The molecule has 0 aromatic rings. The largest absolute Gasteiger partial charge is 0.462 e. The standard InChI is InChI=1S/C74H120O6/c1-4-7-10-13-16-18-20-22-24-26-28-30-32-34-36-37-39-40-42-44-46-48-50-52-54-56-58-61-64-67-73(76)79-70-71(69-78-72(75)66-63-60-15-12-9-6-3)80-74(77)68-65-62-59-57-55-53-51-49-47-45-43-41-38-35-33-31-29-27-25-23-21-19-17-14-11-8-5-2/h7,10,16,18,21-24,27-30,33-36,39-40,44,46,50,52,56,58,71H,4-6,8-9,11-15,17,19-20,25-26,31-32,37-38,41-43,45,47-49,51,53-55,57,59-70H2,1-3H3/b10-7-,18-16-,23-21-,24-22-,29-27-,30-28-,35-33-,36-34-,40-39-,46-44-,52-50-,58-56-. The van der Waals surface area contributed by atoms with Crippen molar-refractivity contribution in [2.75, 3.05) is 13.2 Å². The second-order valence-corrected chi connectivity index (χ2v) is 21.3. The molecule has 6 heteroatoms. The maximum absolute atomic E-state index is 12.9. The van der Waals surface area contributed by atoms with Crippen LogP contribution in [0.4, 0.5) is 0 Å². The number of hydrogen-bond donors (Lipinski definition) is 0. The van der Waals surface area contributed by atoms with E-state index in [1.807, 2.05) is 0 Å². The van der Waals surface area contributed by atoms with Crippen LogP contribution < -0.4 is 0 Å². The van der Waals surface area contributed by atoms with Crippen LogP contribution in [0.2, 0.25) is 0 Å². The number of unbranched alkanes of at least 4 members (excludes halogenated alkanes) is 23. The summed E-state index contributed by atoms with van der Waals surface area (Å²) in [6, 6.07) is 0. The molecular formula is C74H120O6. The second kappa shape index (κ2) is 66.8. The highest BCUT2D eigenvalue weighted by atomic mass is 16.6. The molecule has 0 aliphatic carbocycles. The molecule has 6 nitrogen and oxygen atoms in total. The first-order valence-electron chi connectivity index (χ1n) is 32.8. The third-order valence-corrected chi connectivity index (χ3v) is 13.6. The number of hydrogen-bond acceptors (Lipinski definition) is 6. The normalized spacial score (nSPS) is 13.1. The second-order valence-electron chi connectivity index (χ2n) is 21.3. The van der Waals surface area contributed by atoms with Crippen LogP contribution in [-0.4, -0.2) is 37.2 Å². The van der Waals surface area contributed by atoms with Crippen LogP contribution in [0.1, 0.15) is 284 Å². The molecule has 80 heavy (non-hydrogen) atoms. The lowest BCUT2D eigenvalue weighted by atomic mass is 10.0. The smallest absolute Gasteiger partial charge is 0.306 e. The summed E-state index contributed by atoms with van der Waals surface area (Å²) < 4.78 is 16.8. The SMILES string of the molecule is CC/C=C\C/C=C\C/C=C\C/C=C\C/C=C\C/C=C\C/C=C\C/C=C\C/C=C\CCCC(=O)OCC(COC(=O)CCCCCCCC)OC(=O)CCCCCCCCCCCCCC/C=C\C/C=C\C/C=C\CCCCCCC. The van der Waals surface area contributed by atoms with Crippen molar-refractivity contribution < 1.29 is 28.6 Å². The molecule has 0 saturated carbocycles. The van der Waals surface area contributed by atoms with Gasteiger partial charge in [-0.3, -0.25) is 14.4 Å². The first kappa shape index (κ1) is 75.3. The van der Waals surface area contributed by atoms with Gasteiger partial charge in [-0.15, -0.1) is 0 Å². The highest BCUT2D eigenvalue weighted by molar-refractivity contribution is 5.71. The lowest BCUT2D eigenvalue weighted by molar-refractivity contribution is -0.167. The van der Waals surface area contributed by atoms with E-state index in [1.165, 1.54) is 122 Å². The molecule has 1 atom stereocenters. The predicted molar refractivity (Wildman–Crippen MR) is 348 cm³/mol. The van der Waals surface area contributed by atoms with E-state index in [-0.39, 0.29) is 37.5 Å². The van der Waals surface area contributed by atoms with Crippen LogP contribution in [-0.2, 0) is 28.6 Å². The Balaban J connectivity index is 4.22. The van der Waals surface area contributed by atoms with Crippen molar-refractivity contribution in [2.45, 2.75) is 290 Å². The number of ether oxygens (including phenoxy) is 3. The number of carbonyl (C=O) groups excluding carboxylic acids is 3. The van der Waals surface area contributed by atoms with Crippen molar-refractivity contribution in [3.05, 3.63) is 146 Å². The zero-order chi connectivity index (χ0) is 57.8.